The highest BCUT2D eigenvalue weighted by molar-refractivity contribution is 6.30. The summed E-state index contributed by atoms with van der Waals surface area (Å²) in [6.07, 6.45) is 3.53. The highest BCUT2D eigenvalue weighted by Crippen LogP contribution is 2.38. The summed E-state index contributed by atoms with van der Waals surface area (Å²) in [6.45, 7) is 2.16. The molecule has 32 heavy (non-hydrogen) atoms. The fourth-order valence-corrected chi connectivity index (χ4v) is 4.20. The molecule has 0 bridgehead atoms. The first-order valence-corrected chi connectivity index (χ1v) is 11.0. The highest BCUT2D eigenvalue weighted by Gasteiger charge is 2.25. The third-order valence-corrected chi connectivity index (χ3v) is 5.83. The van der Waals surface area contributed by atoms with Crippen molar-refractivity contribution in [2.75, 3.05) is 27.2 Å². The summed E-state index contributed by atoms with van der Waals surface area (Å²) in [6, 6.07) is 10.4. The zero-order valence-corrected chi connectivity index (χ0v) is 18.7. The van der Waals surface area contributed by atoms with Crippen molar-refractivity contribution in [2.24, 2.45) is 0 Å². The average Bonchev–Trinajstić information content (AvgIpc) is 3.36. The van der Waals surface area contributed by atoms with Crippen LogP contribution in [-0.4, -0.2) is 51.7 Å². The Hall–Kier alpha value is -3.03. The minimum absolute atomic E-state index is 0.343. The molecular formula is C24H23ClFN5O. The molecule has 0 spiro atoms. The number of nitrogens with zero attached hydrogens (tertiary/aromatic N) is 5. The number of ether oxygens (including phenoxy) is 1. The molecule has 0 saturated heterocycles. The molecule has 2 aromatic carbocycles. The predicted octanol–water partition coefficient (Wildman–Crippen LogP) is 4.84. The smallest absolute Gasteiger partial charge is 0.232 e. The first-order chi connectivity index (χ1) is 15.5. The van der Waals surface area contributed by atoms with Gasteiger partial charge in [-0.1, -0.05) is 17.7 Å². The van der Waals surface area contributed by atoms with Crippen LogP contribution in [0.25, 0.3) is 33.5 Å². The molecule has 0 radical (unpaired) electrons. The number of rotatable bonds is 6. The number of fused-ring (bicyclic) bond motifs is 2. The van der Waals surface area contributed by atoms with E-state index >= 15 is 0 Å². The van der Waals surface area contributed by atoms with E-state index in [9.17, 15) is 4.39 Å². The molecule has 1 aliphatic rings. The van der Waals surface area contributed by atoms with E-state index in [-0.39, 0.29) is 5.82 Å². The van der Waals surface area contributed by atoms with Gasteiger partial charge in [0.05, 0.1) is 28.6 Å². The van der Waals surface area contributed by atoms with Crippen LogP contribution in [-0.2, 0) is 13.0 Å². The van der Waals surface area contributed by atoms with Gasteiger partial charge in [0.1, 0.15) is 18.2 Å². The maximum Gasteiger partial charge on any atom is 0.232 e. The number of imidazole rings is 1. The molecule has 2 aromatic heterocycles. The molecule has 0 aliphatic carbocycles. The Kier molecular flexibility index (Phi) is 5.53. The lowest BCUT2D eigenvalue weighted by molar-refractivity contribution is 0.254. The molecule has 5 rings (SSSR count). The van der Waals surface area contributed by atoms with Crippen LogP contribution < -0.4 is 4.74 Å². The second kappa shape index (κ2) is 8.48. The van der Waals surface area contributed by atoms with E-state index in [4.69, 9.17) is 21.3 Å². The van der Waals surface area contributed by atoms with Gasteiger partial charge >= 0.3 is 0 Å². The zero-order valence-electron chi connectivity index (χ0n) is 18.0. The molecule has 0 fully saturated rings. The van der Waals surface area contributed by atoms with Crippen LogP contribution in [0.3, 0.4) is 0 Å². The zero-order chi connectivity index (χ0) is 22.2. The van der Waals surface area contributed by atoms with Crippen LogP contribution in [0.2, 0.25) is 5.02 Å². The Morgan fingerprint density at radius 3 is 2.84 bits per heavy atom. The number of aryl methyl sites for hydroxylation is 1. The summed E-state index contributed by atoms with van der Waals surface area (Å²) in [5.41, 5.74) is 4.28. The van der Waals surface area contributed by atoms with E-state index in [1.54, 1.807) is 18.3 Å². The van der Waals surface area contributed by atoms with Crippen molar-refractivity contribution >= 4 is 22.6 Å². The molecular weight excluding hydrogens is 429 g/mol. The van der Waals surface area contributed by atoms with Crippen molar-refractivity contribution < 1.29 is 9.13 Å². The molecule has 0 amide bonds. The van der Waals surface area contributed by atoms with Crippen molar-refractivity contribution in [3.05, 3.63) is 59.3 Å². The fourth-order valence-electron chi connectivity index (χ4n) is 4.03. The van der Waals surface area contributed by atoms with Gasteiger partial charge in [-0.3, -0.25) is 0 Å². The van der Waals surface area contributed by atoms with Gasteiger partial charge in [0.25, 0.3) is 0 Å². The Balaban J connectivity index is 1.59. The van der Waals surface area contributed by atoms with Crippen LogP contribution in [0, 0.1) is 5.82 Å². The Labute approximate surface area is 190 Å². The SMILES string of the molecule is CN(C)CCOc1cnc2ccc(-c3c(-c4cc(Cl)ccc4F)nc4n3CCC4)cc2n1. The normalized spacial score (nSPS) is 13.2. The maximum atomic E-state index is 14.7. The molecule has 8 heteroatoms. The van der Waals surface area contributed by atoms with Crippen molar-refractivity contribution in [3.8, 4) is 28.4 Å². The van der Waals surface area contributed by atoms with Gasteiger partial charge in [0.15, 0.2) is 0 Å². The van der Waals surface area contributed by atoms with Gasteiger partial charge in [0.2, 0.25) is 5.88 Å². The monoisotopic (exact) mass is 451 g/mol. The second-order valence-electron chi connectivity index (χ2n) is 8.17. The van der Waals surface area contributed by atoms with Crippen molar-refractivity contribution in [3.63, 3.8) is 0 Å². The summed E-state index contributed by atoms with van der Waals surface area (Å²) in [5, 5.41) is 0.476. The van der Waals surface area contributed by atoms with Gasteiger partial charge in [-0.05, 0) is 50.8 Å². The fraction of sp³-hybridized carbons (Fsp3) is 0.292. The molecule has 4 aromatic rings. The standard InChI is InChI=1S/C24H23ClFN5O/c1-30(2)10-11-32-22-14-27-19-8-5-15(12-20(19)28-22)24-23(29-21-4-3-9-31(21)24)17-13-16(25)6-7-18(17)26/h5-8,12-14H,3-4,9-11H2,1-2H3. The number of aromatic nitrogens is 4. The van der Waals surface area contributed by atoms with E-state index in [2.05, 4.69) is 14.5 Å². The molecule has 3 heterocycles. The molecule has 0 atom stereocenters. The van der Waals surface area contributed by atoms with Crippen molar-refractivity contribution in [1.29, 1.82) is 0 Å². The van der Waals surface area contributed by atoms with Crippen LogP contribution in [0.1, 0.15) is 12.2 Å². The summed E-state index contributed by atoms with van der Waals surface area (Å²) < 4.78 is 22.7. The van der Waals surface area contributed by atoms with E-state index in [0.717, 1.165) is 54.0 Å². The van der Waals surface area contributed by atoms with Crippen LogP contribution in [0.4, 0.5) is 4.39 Å². The minimum atomic E-state index is -0.343. The molecule has 6 nitrogen and oxygen atoms in total. The molecule has 0 unspecified atom stereocenters. The Morgan fingerprint density at radius 1 is 1.12 bits per heavy atom. The second-order valence-corrected chi connectivity index (χ2v) is 8.60. The van der Waals surface area contributed by atoms with Gasteiger partial charge in [-0.25, -0.2) is 19.3 Å². The van der Waals surface area contributed by atoms with Crippen LogP contribution in [0.15, 0.2) is 42.6 Å². The van der Waals surface area contributed by atoms with Crippen molar-refractivity contribution in [2.45, 2.75) is 19.4 Å². The quantitative estimate of drug-likeness (QED) is 0.420. The van der Waals surface area contributed by atoms with Crippen molar-refractivity contribution in [1.82, 2.24) is 24.4 Å². The largest absolute Gasteiger partial charge is 0.475 e. The van der Waals surface area contributed by atoms with E-state index in [1.807, 2.05) is 37.2 Å². The maximum absolute atomic E-state index is 14.7. The number of hydrogen-bond donors (Lipinski definition) is 0. The lowest BCUT2D eigenvalue weighted by atomic mass is 10.0. The van der Waals surface area contributed by atoms with E-state index in [0.29, 0.717) is 28.8 Å². The third-order valence-electron chi connectivity index (χ3n) is 5.59. The minimum Gasteiger partial charge on any atom is -0.475 e. The molecule has 0 saturated carbocycles. The first kappa shape index (κ1) is 20.8. The number of halogens is 2. The molecule has 164 valence electrons. The summed E-state index contributed by atoms with van der Waals surface area (Å²) >= 11 is 6.18. The van der Waals surface area contributed by atoms with Gasteiger partial charge in [-0.15, -0.1) is 0 Å². The lowest BCUT2D eigenvalue weighted by Gasteiger charge is -2.12. The van der Waals surface area contributed by atoms with E-state index in [1.165, 1.54) is 6.07 Å². The molecule has 0 N–H and O–H groups in total. The lowest BCUT2D eigenvalue weighted by Crippen LogP contribution is -2.19. The topological polar surface area (TPSA) is 56.1 Å². The average molecular weight is 452 g/mol. The predicted molar refractivity (Wildman–Crippen MR) is 124 cm³/mol. The highest BCUT2D eigenvalue weighted by atomic mass is 35.5. The van der Waals surface area contributed by atoms with Crippen LogP contribution >= 0.6 is 11.6 Å². The number of hydrogen-bond acceptors (Lipinski definition) is 5. The number of likely N-dealkylation sites (N-methyl/N-ethyl adjacent to an activating group) is 1. The summed E-state index contributed by atoms with van der Waals surface area (Å²) in [4.78, 5) is 16.0. The van der Waals surface area contributed by atoms with Gasteiger partial charge in [0, 0.05) is 35.7 Å². The van der Waals surface area contributed by atoms with E-state index < -0.39 is 0 Å². The Morgan fingerprint density at radius 2 is 2.00 bits per heavy atom. The third kappa shape index (κ3) is 3.94. The first-order valence-electron chi connectivity index (χ1n) is 10.6. The van der Waals surface area contributed by atoms with Crippen LogP contribution in [0.5, 0.6) is 5.88 Å². The number of benzene rings is 2. The van der Waals surface area contributed by atoms with Gasteiger partial charge < -0.3 is 14.2 Å². The summed E-state index contributed by atoms with van der Waals surface area (Å²) in [7, 11) is 3.98. The summed E-state index contributed by atoms with van der Waals surface area (Å²) in [5.74, 6) is 1.10. The Bertz CT molecular complexity index is 1300. The molecule has 1 aliphatic heterocycles. The van der Waals surface area contributed by atoms with Gasteiger partial charge in [-0.2, -0.15) is 0 Å².